The number of methoxy groups -OCH3 is 1. The van der Waals surface area contributed by atoms with Gasteiger partial charge in [0.15, 0.2) is 0 Å². The molecular weight excluding hydrogens is 452 g/mol. The second-order valence-corrected chi connectivity index (χ2v) is 7.23. The van der Waals surface area contributed by atoms with Crippen molar-refractivity contribution in [2.24, 2.45) is 0 Å². The zero-order valence-electron chi connectivity index (χ0n) is 17.1. The fourth-order valence-electron chi connectivity index (χ4n) is 3.26. The van der Waals surface area contributed by atoms with Gasteiger partial charge in [-0.1, -0.05) is 42.5 Å². The monoisotopic (exact) mass is 469 g/mol. The van der Waals surface area contributed by atoms with E-state index in [1.54, 1.807) is 24.3 Å². The fraction of sp³-hybridized carbons (Fsp3) is 0.217. The topological polar surface area (TPSA) is 55.4 Å². The van der Waals surface area contributed by atoms with Crippen LogP contribution < -0.4 is 5.32 Å². The number of rotatable bonds is 5. The molecule has 1 amide bonds. The molecule has 1 atom stereocenters. The molecule has 0 saturated carbocycles. The quantitative estimate of drug-likeness (QED) is 0.403. The normalized spacial score (nSPS) is 12.9. The van der Waals surface area contributed by atoms with Gasteiger partial charge in [-0.05, 0) is 34.5 Å². The summed E-state index contributed by atoms with van der Waals surface area (Å²) in [5.74, 6) is -2.18. The van der Waals surface area contributed by atoms with Crippen molar-refractivity contribution in [1.29, 1.82) is 0 Å². The van der Waals surface area contributed by atoms with Crippen molar-refractivity contribution in [2.45, 2.75) is 24.8 Å². The summed E-state index contributed by atoms with van der Waals surface area (Å²) in [5.41, 5.74) is -3.55. The van der Waals surface area contributed by atoms with Crippen molar-refractivity contribution >= 4 is 22.6 Å². The number of hydrogen-bond acceptors (Lipinski definition) is 3. The van der Waals surface area contributed by atoms with Gasteiger partial charge in [-0.25, -0.2) is 4.79 Å². The number of carbonyl (C=O) groups excluding carboxylic acids is 2. The Balaban J connectivity index is 1.91. The lowest BCUT2D eigenvalue weighted by atomic mass is 10.0. The van der Waals surface area contributed by atoms with Crippen molar-refractivity contribution in [3.63, 3.8) is 0 Å². The van der Waals surface area contributed by atoms with Crippen LogP contribution in [0.25, 0.3) is 10.8 Å². The Kier molecular flexibility index (Phi) is 6.66. The van der Waals surface area contributed by atoms with Gasteiger partial charge in [0.1, 0.15) is 6.04 Å². The van der Waals surface area contributed by atoms with Crippen LogP contribution in [-0.4, -0.2) is 25.0 Å². The van der Waals surface area contributed by atoms with Crippen LogP contribution in [0.4, 0.5) is 26.3 Å². The van der Waals surface area contributed by atoms with E-state index in [2.05, 4.69) is 10.1 Å². The summed E-state index contributed by atoms with van der Waals surface area (Å²) in [6.45, 7) is 0. The summed E-state index contributed by atoms with van der Waals surface area (Å²) < 4.78 is 83.2. The number of carbonyl (C=O) groups is 2. The van der Waals surface area contributed by atoms with Crippen LogP contribution in [0, 0.1) is 0 Å². The molecule has 0 heterocycles. The number of amides is 1. The third-order valence-corrected chi connectivity index (χ3v) is 4.89. The number of fused-ring (bicyclic) bond motifs is 1. The van der Waals surface area contributed by atoms with E-state index in [-0.39, 0.29) is 12.5 Å². The number of ether oxygens (including phenoxy) is 1. The maximum atomic E-state index is 13.1. The van der Waals surface area contributed by atoms with Crippen LogP contribution in [0.1, 0.15) is 27.0 Å². The molecule has 0 bridgehead atoms. The van der Waals surface area contributed by atoms with Gasteiger partial charge in [-0.15, -0.1) is 0 Å². The van der Waals surface area contributed by atoms with Crippen molar-refractivity contribution < 1.29 is 40.7 Å². The van der Waals surface area contributed by atoms with Gasteiger partial charge < -0.3 is 10.1 Å². The zero-order chi connectivity index (χ0) is 24.4. The predicted molar refractivity (Wildman–Crippen MR) is 107 cm³/mol. The lowest BCUT2D eigenvalue weighted by molar-refractivity contribution is -0.144. The molecule has 0 unspecified atom stereocenters. The van der Waals surface area contributed by atoms with Crippen LogP contribution in [0.2, 0.25) is 0 Å². The number of benzene rings is 3. The molecule has 3 aromatic rings. The number of nitrogens with one attached hydrogen (secondary N) is 1. The van der Waals surface area contributed by atoms with Crippen LogP contribution in [0.5, 0.6) is 0 Å². The maximum Gasteiger partial charge on any atom is 0.416 e. The van der Waals surface area contributed by atoms with E-state index in [1.165, 1.54) is 0 Å². The highest BCUT2D eigenvalue weighted by Gasteiger charge is 2.37. The first-order chi connectivity index (χ1) is 15.4. The molecule has 174 valence electrons. The average Bonchev–Trinajstić information content (AvgIpc) is 2.76. The van der Waals surface area contributed by atoms with E-state index < -0.39 is 47.0 Å². The van der Waals surface area contributed by atoms with Crippen LogP contribution in [0.15, 0.2) is 60.7 Å². The highest BCUT2D eigenvalue weighted by Crippen LogP contribution is 2.36. The molecule has 3 rings (SSSR count). The van der Waals surface area contributed by atoms with Gasteiger partial charge in [0.05, 0.1) is 18.2 Å². The maximum absolute atomic E-state index is 13.1. The molecule has 3 aromatic carbocycles. The number of alkyl halides is 6. The molecule has 0 radical (unpaired) electrons. The number of esters is 1. The lowest BCUT2D eigenvalue weighted by Crippen LogP contribution is -2.43. The standard InChI is InChI=1S/C23H17F6NO3/c1-33-21(32)19(9-13-6-7-14-4-2-3-5-15(14)8-13)30-20(31)16-10-17(22(24,25)26)12-18(11-16)23(27,28)29/h2-8,10-12,19H,9H2,1H3,(H,30,31)/t19-/m1/s1. The fourth-order valence-corrected chi connectivity index (χ4v) is 3.26. The molecule has 1 N–H and O–H groups in total. The van der Waals surface area contributed by atoms with Crippen LogP contribution in [0.3, 0.4) is 0 Å². The average molecular weight is 469 g/mol. The lowest BCUT2D eigenvalue weighted by Gasteiger charge is -2.18. The second kappa shape index (κ2) is 9.13. The van der Waals surface area contributed by atoms with E-state index in [4.69, 9.17) is 0 Å². The van der Waals surface area contributed by atoms with Gasteiger partial charge >= 0.3 is 18.3 Å². The third-order valence-electron chi connectivity index (χ3n) is 4.89. The van der Waals surface area contributed by atoms with Gasteiger partial charge in [0, 0.05) is 12.0 Å². The molecular formula is C23H17F6NO3. The Labute approximate surface area is 184 Å². The summed E-state index contributed by atoms with van der Waals surface area (Å²) in [6.07, 6.45) is -10.3. The van der Waals surface area contributed by atoms with E-state index in [9.17, 15) is 35.9 Å². The second-order valence-electron chi connectivity index (χ2n) is 7.23. The zero-order valence-corrected chi connectivity index (χ0v) is 17.1. The minimum atomic E-state index is -5.11. The van der Waals surface area contributed by atoms with Crippen LogP contribution in [-0.2, 0) is 28.3 Å². The van der Waals surface area contributed by atoms with E-state index in [0.29, 0.717) is 17.7 Å². The summed E-state index contributed by atoms with van der Waals surface area (Å²) in [7, 11) is 1.05. The first kappa shape index (κ1) is 24.1. The predicted octanol–water partition coefficient (Wildman–Crippen LogP) is 5.39. The number of hydrogen-bond donors (Lipinski definition) is 1. The SMILES string of the molecule is COC(=O)[C@@H](Cc1ccc2ccccc2c1)NC(=O)c1cc(C(F)(F)F)cc(C(F)(F)F)c1. The highest BCUT2D eigenvalue weighted by molar-refractivity contribution is 5.97. The molecule has 0 spiro atoms. The highest BCUT2D eigenvalue weighted by atomic mass is 19.4. The smallest absolute Gasteiger partial charge is 0.416 e. The first-order valence-corrected chi connectivity index (χ1v) is 9.54. The van der Waals surface area contributed by atoms with Gasteiger partial charge in [-0.3, -0.25) is 4.79 Å². The Morgan fingerprint density at radius 3 is 1.97 bits per heavy atom. The van der Waals surface area contributed by atoms with Crippen molar-refractivity contribution in [3.05, 3.63) is 82.9 Å². The Morgan fingerprint density at radius 1 is 0.848 bits per heavy atom. The Hall–Kier alpha value is -3.56. The van der Waals surface area contributed by atoms with Crippen molar-refractivity contribution in [2.75, 3.05) is 7.11 Å². The largest absolute Gasteiger partial charge is 0.467 e. The van der Waals surface area contributed by atoms with E-state index in [1.807, 2.05) is 18.2 Å². The Bertz CT molecular complexity index is 1150. The number of halogens is 6. The third kappa shape index (κ3) is 5.82. The minimum Gasteiger partial charge on any atom is -0.467 e. The summed E-state index contributed by atoms with van der Waals surface area (Å²) >= 11 is 0. The van der Waals surface area contributed by atoms with E-state index in [0.717, 1.165) is 17.9 Å². The summed E-state index contributed by atoms with van der Waals surface area (Å²) in [5, 5.41) is 3.95. The minimum absolute atomic E-state index is 0.0797. The molecule has 10 heteroatoms. The van der Waals surface area contributed by atoms with Crippen molar-refractivity contribution in [3.8, 4) is 0 Å². The van der Waals surface area contributed by atoms with Gasteiger partial charge in [-0.2, -0.15) is 26.3 Å². The summed E-state index contributed by atoms with van der Waals surface area (Å²) in [4.78, 5) is 24.8. The molecule has 0 aliphatic heterocycles. The first-order valence-electron chi connectivity index (χ1n) is 9.54. The molecule has 0 saturated heterocycles. The van der Waals surface area contributed by atoms with Gasteiger partial charge in [0.2, 0.25) is 0 Å². The molecule has 0 aliphatic carbocycles. The van der Waals surface area contributed by atoms with Gasteiger partial charge in [0.25, 0.3) is 5.91 Å². The molecule has 4 nitrogen and oxygen atoms in total. The molecule has 0 aromatic heterocycles. The van der Waals surface area contributed by atoms with Crippen LogP contribution >= 0.6 is 0 Å². The Morgan fingerprint density at radius 2 is 1.42 bits per heavy atom. The summed E-state index contributed by atoms with van der Waals surface area (Å²) in [6, 6.07) is 11.7. The molecule has 33 heavy (non-hydrogen) atoms. The molecule has 0 aliphatic rings. The van der Waals surface area contributed by atoms with Crippen molar-refractivity contribution in [1.82, 2.24) is 5.32 Å². The molecule has 0 fully saturated rings. The van der Waals surface area contributed by atoms with E-state index >= 15 is 0 Å².